The van der Waals surface area contributed by atoms with Crippen LogP contribution in [0.2, 0.25) is 10.0 Å². The normalized spacial score (nSPS) is 11.5. The molecule has 1 aromatic heterocycles. The largest absolute Gasteiger partial charge is 0.494 e. The molecule has 0 atom stereocenters. The van der Waals surface area contributed by atoms with Gasteiger partial charge in [0.15, 0.2) is 0 Å². The highest BCUT2D eigenvalue weighted by Gasteiger charge is 2.17. The Labute approximate surface area is 174 Å². The third kappa shape index (κ3) is 5.48. The lowest BCUT2D eigenvalue weighted by Crippen LogP contribution is -2.25. The van der Waals surface area contributed by atoms with E-state index in [4.69, 9.17) is 27.9 Å². The molecule has 0 saturated heterocycles. The van der Waals surface area contributed by atoms with Gasteiger partial charge in [-0.2, -0.15) is 0 Å². The van der Waals surface area contributed by atoms with Crippen LogP contribution in [0.5, 0.6) is 5.75 Å². The number of nitrogens with one attached hydrogen (secondary N) is 1. The van der Waals surface area contributed by atoms with Crippen LogP contribution in [0, 0.1) is 0 Å². The molecule has 1 heterocycles. The standard InChI is InChI=1S/C19H19Cl2N3O3S/c20-15-3-8-18(21)19(13-15)28(25,26)23-9-1-2-12-27-17-6-4-16(5-7-17)24-11-10-22-14-24/h3-8,10-11,13-14,23H,1-2,9,12H2. The van der Waals surface area contributed by atoms with Gasteiger partial charge in [0.2, 0.25) is 10.0 Å². The molecular weight excluding hydrogens is 421 g/mol. The average molecular weight is 440 g/mol. The van der Waals surface area contributed by atoms with E-state index in [-0.39, 0.29) is 16.5 Å². The Morgan fingerprint density at radius 3 is 2.57 bits per heavy atom. The van der Waals surface area contributed by atoms with Crippen LogP contribution in [0.1, 0.15) is 12.8 Å². The number of aromatic nitrogens is 2. The van der Waals surface area contributed by atoms with Crippen molar-refractivity contribution in [3.8, 4) is 11.4 Å². The minimum Gasteiger partial charge on any atom is -0.494 e. The van der Waals surface area contributed by atoms with Gasteiger partial charge >= 0.3 is 0 Å². The Balaban J connectivity index is 1.41. The maximum atomic E-state index is 12.3. The molecule has 3 aromatic rings. The zero-order chi connectivity index (χ0) is 20.0. The van der Waals surface area contributed by atoms with E-state index < -0.39 is 10.0 Å². The van der Waals surface area contributed by atoms with Crippen LogP contribution in [0.3, 0.4) is 0 Å². The van der Waals surface area contributed by atoms with Crippen LogP contribution < -0.4 is 9.46 Å². The van der Waals surface area contributed by atoms with E-state index in [0.717, 1.165) is 11.4 Å². The lowest BCUT2D eigenvalue weighted by Gasteiger charge is -2.10. The van der Waals surface area contributed by atoms with Gasteiger partial charge in [0.05, 0.1) is 18.0 Å². The number of hydrogen-bond donors (Lipinski definition) is 1. The zero-order valence-corrected chi connectivity index (χ0v) is 17.2. The quantitative estimate of drug-likeness (QED) is 0.503. The second-order valence-corrected chi connectivity index (χ2v) is 8.57. The van der Waals surface area contributed by atoms with E-state index in [0.29, 0.717) is 24.5 Å². The van der Waals surface area contributed by atoms with Gasteiger partial charge in [-0.05, 0) is 55.3 Å². The summed E-state index contributed by atoms with van der Waals surface area (Å²) < 4.78 is 34.7. The van der Waals surface area contributed by atoms with Crippen molar-refractivity contribution in [1.82, 2.24) is 14.3 Å². The minimum atomic E-state index is -3.69. The minimum absolute atomic E-state index is 0.0177. The number of sulfonamides is 1. The highest BCUT2D eigenvalue weighted by molar-refractivity contribution is 7.89. The van der Waals surface area contributed by atoms with Gasteiger partial charge in [-0.25, -0.2) is 18.1 Å². The van der Waals surface area contributed by atoms with Gasteiger partial charge in [0.25, 0.3) is 0 Å². The number of halogens is 2. The number of hydrogen-bond acceptors (Lipinski definition) is 4. The fourth-order valence-electron chi connectivity index (χ4n) is 2.51. The summed E-state index contributed by atoms with van der Waals surface area (Å²) in [4.78, 5) is 4.00. The molecule has 6 nitrogen and oxygen atoms in total. The summed E-state index contributed by atoms with van der Waals surface area (Å²) in [6, 6.07) is 12.0. The first kappa shape index (κ1) is 20.7. The Morgan fingerprint density at radius 1 is 1.07 bits per heavy atom. The van der Waals surface area contributed by atoms with Crippen molar-refractivity contribution in [3.05, 3.63) is 71.2 Å². The Kier molecular flexibility index (Phi) is 6.96. The summed E-state index contributed by atoms with van der Waals surface area (Å²) >= 11 is 11.8. The lowest BCUT2D eigenvalue weighted by atomic mass is 10.3. The monoisotopic (exact) mass is 439 g/mol. The van der Waals surface area contributed by atoms with Crippen LogP contribution in [-0.4, -0.2) is 31.1 Å². The fourth-order valence-corrected chi connectivity index (χ4v) is 4.35. The molecule has 28 heavy (non-hydrogen) atoms. The Bertz CT molecular complexity index is 1010. The maximum absolute atomic E-state index is 12.3. The van der Waals surface area contributed by atoms with Gasteiger partial charge in [-0.1, -0.05) is 23.2 Å². The Morgan fingerprint density at radius 2 is 1.86 bits per heavy atom. The van der Waals surface area contributed by atoms with Crippen molar-refractivity contribution < 1.29 is 13.2 Å². The molecule has 2 aromatic carbocycles. The van der Waals surface area contributed by atoms with Gasteiger partial charge in [-0.15, -0.1) is 0 Å². The molecular formula is C19H19Cl2N3O3S. The number of unbranched alkanes of at least 4 members (excludes halogenated alkanes) is 1. The van der Waals surface area contributed by atoms with Crippen molar-refractivity contribution >= 4 is 33.2 Å². The molecule has 0 unspecified atom stereocenters. The maximum Gasteiger partial charge on any atom is 0.242 e. The second kappa shape index (κ2) is 9.43. The smallest absolute Gasteiger partial charge is 0.242 e. The summed E-state index contributed by atoms with van der Waals surface area (Å²) in [5, 5.41) is 0.455. The topological polar surface area (TPSA) is 73.2 Å². The summed E-state index contributed by atoms with van der Waals surface area (Å²) in [6.07, 6.45) is 6.65. The van der Waals surface area contributed by atoms with Gasteiger partial charge in [0, 0.05) is 29.6 Å². The van der Waals surface area contributed by atoms with Gasteiger partial charge in [0.1, 0.15) is 10.6 Å². The first-order chi connectivity index (χ1) is 13.5. The van der Waals surface area contributed by atoms with Gasteiger partial charge in [-0.3, -0.25) is 0 Å². The summed E-state index contributed by atoms with van der Waals surface area (Å²) in [5.74, 6) is 0.759. The number of rotatable bonds is 9. The van der Waals surface area contributed by atoms with E-state index in [1.807, 2.05) is 35.0 Å². The summed E-state index contributed by atoms with van der Waals surface area (Å²) in [6.45, 7) is 0.776. The molecule has 1 N–H and O–H groups in total. The molecule has 9 heteroatoms. The summed E-state index contributed by atoms with van der Waals surface area (Å²) in [7, 11) is -3.69. The van der Waals surface area contributed by atoms with Crippen LogP contribution in [0.25, 0.3) is 5.69 Å². The van der Waals surface area contributed by atoms with Crippen molar-refractivity contribution in [2.45, 2.75) is 17.7 Å². The number of nitrogens with zero attached hydrogens (tertiary/aromatic N) is 2. The van der Waals surface area contributed by atoms with Crippen molar-refractivity contribution in [2.75, 3.05) is 13.2 Å². The second-order valence-electron chi connectivity index (χ2n) is 5.99. The molecule has 0 aliphatic carbocycles. The van der Waals surface area contributed by atoms with Crippen LogP contribution in [-0.2, 0) is 10.0 Å². The Hall–Kier alpha value is -2.06. The van der Waals surface area contributed by atoms with E-state index in [1.165, 1.54) is 12.1 Å². The number of ether oxygens (including phenoxy) is 1. The molecule has 0 amide bonds. The van der Waals surface area contributed by atoms with Crippen LogP contribution in [0.4, 0.5) is 0 Å². The SMILES string of the molecule is O=S(=O)(NCCCCOc1ccc(-n2ccnc2)cc1)c1cc(Cl)ccc1Cl. The predicted octanol–water partition coefficient (Wildman–Crippen LogP) is 4.32. The van der Waals surface area contributed by atoms with E-state index in [2.05, 4.69) is 9.71 Å². The van der Waals surface area contributed by atoms with Crippen molar-refractivity contribution in [3.63, 3.8) is 0 Å². The lowest BCUT2D eigenvalue weighted by molar-refractivity contribution is 0.307. The third-order valence-electron chi connectivity index (χ3n) is 3.95. The highest BCUT2D eigenvalue weighted by atomic mass is 35.5. The van der Waals surface area contributed by atoms with E-state index in [1.54, 1.807) is 18.6 Å². The fraction of sp³-hybridized carbons (Fsp3) is 0.211. The van der Waals surface area contributed by atoms with Gasteiger partial charge < -0.3 is 9.30 Å². The predicted molar refractivity (Wildman–Crippen MR) is 110 cm³/mol. The first-order valence-electron chi connectivity index (χ1n) is 8.62. The molecule has 0 fully saturated rings. The van der Waals surface area contributed by atoms with E-state index >= 15 is 0 Å². The third-order valence-corrected chi connectivity index (χ3v) is 6.13. The van der Waals surface area contributed by atoms with Crippen molar-refractivity contribution in [1.29, 1.82) is 0 Å². The van der Waals surface area contributed by atoms with E-state index in [9.17, 15) is 8.42 Å². The molecule has 0 bridgehead atoms. The average Bonchev–Trinajstić information content (AvgIpc) is 3.21. The highest BCUT2D eigenvalue weighted by Crippen LogP contribution is 2.24. The number of benzene rings is 2. The molecule has 0 aliphatic heterocycles. The number of imidazole rings is 1. The molecule has 3 rings (SSSR count). The molecule has 0 radical (unpaired) electrons. The molecule has 0 saturated carbocycles. The van der Waals surface area contributed by atoms with Crippen molar-refractivity contribution in [2.24, 2.45) is 0 Å². The van der Waals surface area contributed by atoms with Crippen LogP contribution in [0.15, 0.2) is 66.1 Å². The molecule has 148 valence electrons. The summed E-state index contributed by atoms with van der Waals surface area (Å²) in [5.41, 5.74) is 0.999. The molecule has 0 aliphatic rings. The molecule has 0 spiro atoms. The zero-order valence-electron chi connectivity index (χ0n) is 14.9. The van der Waals surface area contributed by atoms with Crippen LogP contribution >= 0.6 is 23.2 Å². The first-order valence-corrected chi connectivity index (χ1v) is 10.9.